The predicted octanol–water partition coefficient (Wildman–Crippen LogP) is 1.70. The highest BCUT2D eigenvalue weighted by atomic mass is 79.9. The van der Waals surface area contributed by atoms with E-state index in [0.717, 1.165) is 36.2 Å². The zero-order chi connectivity index (χ0) is 12.4. The lowest BCUT2D eigenvalue weighted by Gasteiger charge is -2.16. The maximum Gasteiger partial charge on any atom is 0.0739 e. The van der Waals surface area contributed by atoms with Gasteiger partial charge in [-0.3, -0.25) is 9.58 Å². The lowest BCUT2D eigenvalue weighted by molar-refractivity contribution is 0.248. The third-order valence-electron chi connectivity index (χ3n) is 3.54. The van der Waals surface area contributed by atoms with E-state index in [-0.39, 0.29) is 0 Å². The second kappa shape index (κ2) is 5.50. The number of nitrogens with zero attached hydrogens (tertiary/aromatic N) is 3. The zero-order valence-electron chi connectivity index (χ0n) is 10.5. The third kappa shape index (κ3) is 2.89. The molecule has 1 saturated heterocycles. The topological polar surface area (TPSA) is 41.3 Å². The average Bonchev–Trinajstić information content (AvgIpc) is 2.81. The molecule has 2 rings (SSSR count). The lowest BCUT2D eigenvalue weighted by Crippen LogP contribution is -2.22. The normalized spacial score (nSPS) is 21.3. The fraction of sp³-hybridized carbons (Fsp3) is 0.750. The first-order valence-corrected chi connectivity index (χ1v) is 6.92. The summed E-state index contributed by atoms with van der Waals surface area (Å²) in [5, 5.41) is 13.4. The SMILES string of the molecule is Cc1nn(C)c(CN2CCC(CCO)C2)c1Br. The van der Waals surface area contributed by atoms with Gasteiger partial charge < -0.3 is 5.11 Å². The molecule has 1 atom stereocenters. The summed E-state index contributed by atoms with van der Waals surface area (Å²) in [6.45, 7) is 5.50. The van der Waals surface area contributed by atoms with E-state index in [0.29, 0.717) is 12.5 Å². The molecule has 96 valence electrons. The summed E-state index contributed by atoms with van der Waals surface area (Å²) < 4.78 is 3.09. The van der Waals surface area contributed by atoms with Gasteiger partial charge >= 0.3 is 0 Å². The summed E-state index contributed by atoms with van der Waals surface area (Å²) in [4.78, 5) is 2.45. The van der Waals surface area contributed by atoms with Crippen LogP contribution in [0.1, 0.15) is 24.2 Å². The van der Waals surface area contributed by atoms with Gasteiger partial charge in [-0.25, -0.2) is 0 Å². The first kappa shape index (κ1) is 13.1. The average molecular weight is 302 g/mol. The van der Waals surface area contributed by atoms with Crippen LogP contribution in [0.3, 0.4) is 0 Å². The quantitative estimate of drug-likeness (QED) is 0.920. The maximum atomic E-state index is 8.95. The van der Waals surface area contributed by atoms with E-state index in [1.165, 1.54) is 12.1 Å². The van der Waals surface area contributed by atoms with E-state index < -0.39 is 0 Å². The monoisotopic (exact) mass is 301 g/mol. The number of likely N-dealkylation sites (tertiary alicyclic amines) is 1. The van der Waals surface area contributed by atoms with Crippen molar-refractivity contribution >= 4 is 15.9 Å². The van der Waals surface area contributed by atoms with Crippen molar-refractivity contribution in [1.29, 1.82) is 0 Å². The molecule has 0 amide bonds. The molecule has 0 aliphatic carbocycles. The summed E-state index contributed by atoms with van der Waals surface area (Å²) in [7, 11) is 1.99. The molecule has 17 heavy (non-hydrogen) atoms. The van der Waals surface area contributed by atoms with Crippen LogP contribution in [0.25, 0.3) is 0 Å². The highest BCUT2D eigenvalue weighted by Gasteiger charge is 2.23. The molecule has 2 heterocycles. The molecule has 0 spiro atoms. The molecule has 1 unspecified atom stereocenters. The Morgan fingerprint density at radius 1 is 1.53 bits per heavy atom. The molecular formula is C12H20BrN3O. The molecule has 0 radical (unpaired) electrons. The Morgan fingerprint density at radius 3 is 2.88 bits per heavy atom. The first-order chi connectivity index (χ1) is 8.11. The smallest absolute Gasteiger partial charge is 0.0739 e. The number of rotatable bonds is 4. The second-order valence-corrected chi connectivity index (χ2v) is 5.66. The molecule has 1 aromatic rings. The van der Waals surface area contributed by atoms with E-state index in [1.807, 2.05) is 18.7 Å². The summed E-state index contributed by atoms with van der Waals surface area (Å²) >= 11 is 3.60. The summed E-state index contributed by atoms with van der Waals surface area (Å²) in [5.41, 5.74) is 2.29. The number of halogens is 1. The van der Waals surface area contributed by atoms with Crippen LogP contribution in [-0.4, -0.2) is 39.5 Å². The molecule has 4 nitrogen and oxygen atoms in total. The van der Waals surface area contributed by atoms with Gasteiger partial charge in [0.15, 0.2) is 0 Å². The number of hydrogen-bond acceptors (Lipinski definition) is 3. The van der Waals surface area contributed by atoms with Gasteiger partial charge in [0, 0.05) is 26.7 Å². The van der Waals surface area contributed by atoms with Crippen molar-refractivity contribution in [3.8, 4) is 0 Å². The zero-order valence-corrected chi connectivity index (χ0v) is 12.1. The van der Waals surface area contributed by atoms with Crippen LogP contribution in [0.15, 0.2) is 4.47 Å². The van der Waals surface area contributed by atoms with Crippen molar-refractivity contribution in [1.82, 2.24) is 14.7 Å². The van der Waals surface area contributed by atoms with Crippen molar-refractivity contribution in [2.45, 2.75) is 26.3 Å². The lowest BCUT2D eigenvalue weighted by atomic mass is 10.1. The fourth-order valence-corrected chi connectivity index (χ4v) is 3.00. The molecule has 0 bridgehead atoms. The molecule has 1 fully saturated rings. The van der Waals surface area contributed by atoms with E-state index in [9.17, 15) is 0 Å². The van der Waals surface area contributed by atoms with E-state index >= 15 is 0 Å². The Bertz CT molecular complexity index is 391. The van der Waals surface area contributed by atoms with Crippen LogP contribution in [-0.2, 0) is 13.6 Å². The highest BCUT2D eigenvalue weighted by molar-refractivity contribution is 9.10. The van der Waals surface area contributed by atoms with Crippen molar-refractivity contribution in [2.24, 2.45) is 13.0 Å². The van der Waals surface area contributed by atoms with Crippen molar-refractivity contribution in [2.75, 3.05) is 19.7 Å². The Labute approximate surface area is 111 Å². The Balaban J connectivity index is 1.98. The number of aliphatic hydroxyl groups is 1. The van der Waals surface area contributed by atoms with Crippen LogP contribution >= 0.6 is 15.9 Å². The van der Waals surface area contributed by atoms with Gasteiger partial charge in [0.2, 0.25) is 0 Å². The molecule has 1 N–H and O–H groups in total. The Morgan fingerprint density at radius 2 is 2.29 bits per heavy atom. The van der Waals surface area contributed by atoms with Gasteiger partial charge in [-0.05, 0) is 48.2 Å². The fourth-order valence-electron chi connectivity index (χ4n) is 2.54. The van der Waals surface area contributed by atoms with Crippen LogP contribution < -0.4 is 0 Å². The minimum Gasteiger partial charge on any atom is -0.396 e. The second-order valence-electron chi connectivity index (χ2n) is 4.87. The van der Waals surface area contributed by atoms with E-state index in [1.54, 1.807) is 0 Å². The maximum absolute atomic E-state index is 8.95. The molecule has 0 aromatic carbocycles. The van der Waals surface area contributed by atoms with Gasteiger partial charge in [0.25, 0.3) is 0 Å². The van der Waals surface area contributed by atoms with Gasteiger partial charge in [0.1, 0.15) is 0 Å². The first-order valence-electron chi connectivity index (χ1n) is 6.13. The summed E-state index contributed by atoms with van der Waals surface area (Å²) in [5.74, 6) is 0.660. The molecular weight excluding hydrogens is 282 g/mol. The number of aliphatic hydroxyl groups excluding tert-OH is 1. The third-order valence-corrected chi connectivity index (χ3v) is 4.57. The Kier molecular flexibility index (Phi) is 4.22. The van der Waals surface area contributed by atoms with Gasteiger partial charge in [-0.15, -0.1) is 0 Å². The minimum absolute atomic E-state index is 0.313. The number of aryl methyl sites for hydroxylation is 2. The van der Waals surface area contributed by atoms with Crippen LogP contribution in [0.2, 0.25) is 0 Å². The molecule has 1 aliphatic heterocycles. The number of hydrogen-bond donors (Lipinski definition) is 1. The van der Waals surface area contributed by atoms with Crippen LogP contribution in [0, 0.1) is 12.8 Å². The standard InChI is InChI=1S/C12H20BrN3O/c1-9-12(13)11(15(2)14-9)8-16-5-3-10(7-16)4-6-17/h10,17H,3-8H2,1-2H3. The Hall–Kier alpha value is -0.390. The van der Waals surface area contributed by atoms with Crippen LogP contribution in [0.5, 0.6) is 0 Å². The molecule has 1 aromatic heterocycles. The largest absolute Gasteiger partial charge is 0.396 e. The molecule has 1 aliphatic rings. The minimum atomic E-state index is 0.313. The molecule has 5 heteroatoms. The molecule has 0 saturated carbocycles. The van der Waals surface area contributed by atoms with E-state index in [4.69, 9.17) is 5.11 Å². The summed E-state index contributed by atoms with van der Waals surface area (Å²) in [6, 6.07) is 0. The van der Waals surface area contributed by atoms with Gasteiger partial charge in [-0.1, -0.05) is 0 Å². The van der Waals surface area contributed by atoms with Gasteiger partial charge in [0.05, 0.1) is 15.9 Å². The van der Waals surface area contributed by atoms with Crippen molar-refractivity contribution in [3.05, 3.63) is 15.9 Å². The van der Waals surface area contributed by atoms with Crippen molar-refractivity contribution in [3.63, 3.8) is 0 Å². The highest BCUT2D eigenvalue weighted by Crippen LogP contribution is 2.25. The van der Waals surface area contributed by atoms with Crippen LogP contribution in [0.4, 0.5) is 0 Å². The van der Waals surface area contributed by atoms with Gasteiger partial charge in [-0.2, -0.15) is 5.10 Å². The van der Waals surface area contributed by atoms with Crippen molar-refractivity contribution < 1.29 is 5.11 Å². The number of aromatic nitrogens is 2. The summed E-state index contributed by atoms with van der Waals surface area (Å²) in [6.07, 6.45) is 2.14. The van der Waals surface area contributed by atoms with E-state index in [2.05, 4.69) is 25.9 Å². The predicted molar refractivity (Wildman–Crippen MR) is 70.7 cm³/mol.